The van der Waals surface area contributed by atoms with Crippen molar-refractivity contribution in [1.82, 2.24) is 24.9 Å². The second-order valence-corrected chi connectivity index (χ2v) is 17.3. The SMILES string of the molecule is Cc1ccc(S(=O)(=O)N2CCOCC2)cc1-c1ccc(C[C@H](NC(=O)C2CCC(CNC(=O)OC(C)(C)C)CC2)C(=O)Nc2ccc3[nH]c(=O)[nH]c3c2)cc1. The summed E-state index contributed by atoms with van der Waals surface area (Å²) in [4.78, 5) is 57.1. The van der Waals surface area contributed by atoms with Gasteiger partial charge in [-0.2, -0.15) is 4.31 Å². The highest BCUT2D eigenvalue weighted by Crippen LogP contribution is 2.30. The van der Waals surface area contributed by atoms with E-state index in [0.29, 0.717) is 62.4 Å². The third-order valence-electron chi connectivity index (χ3n) is 10.1. The molecule has 1 aromatic heterocycles. The highest BCUT2D eigenvalue weighted by Gasteiger charge is 2.31. The first kappa shape index (κ1) is 39.7. The normalized spacial score (nSPS) is 18.7. The van der Waals surface area contributed by atoms with E-state index in [1.54, 1.807) is 36.4 Å². The summed E-state index contributed by atoms with van der Waals surface area (Å²) in [7, 11) is -3.69. The number of H-pyrrole nitrogens is 2. The average Bonchev–Trinajstić information content (AvgIpc) is 3.53. The van der Waals surface area contributed by atoms with Crippen LogP contribution in [-0.4, -0.2) is 85.1 Å². The number of carbonyl (C=O) groups excluding carboxylic acids is 3. The molecular formula is C40H50N6O8S. The van der Waals surface area contributed by atoms with E-state index in [1.165, 1.54) is 4.31 Å². The van der Waals surface area contributed by atoms with Crippen molar-refractivity contribution in [2.45, 2.75) is 76.3 Å². The first-order valence-corrected chi connectivity index (χ1v) is 20.2. The summed E-state index contributed by atoms with van der Waals surface area (Å²) in [6, 6.07) is 16.8. The lowest BCUT2D eigenvalue weighted by Crippen LogP contribution is -2.48. The maximum absolute atomic E-state index is 13.8. The van der Waals surface area contributed by atoms with Gasteiger partial charge in [0.25, 0.3) is 0 Å². The molecule has 0 radical (unpaired) electrons. The summed E-state index contributed by atoms with van der Waals surface area (Å²) in [6.07, 6.45) is 2.46. The van der Waals surface area contributed by atoms with Crippen LogP contribution in [0, 0.1) is 18.8 Å². The number of sulfonamides is 1. The molecule has 1 aliphatic carbocycles. The van der Waals surface area contributed by atoms with Crippen LogP contribution < -0.4 is 21.6 Å². The molecule has 2 aliphatic rings. The lowest BCUT2D eigenvalue weighted by molar-refractivity contribution is -0.130. The molecule has 6 rings (SSSR count). The Kier molecular flexibility index (Phi) is 12.1. The van der Waals surface area contributed by atoms with Crippen LogP contribution in [0.2, 0.25) is 0 Å². The minimum Gasteiger partial charge on any atom is -0.444 e. The second-order valence-electron chi connectivity index (χ2n) is 15.4. The number of ether oxygens (including phenoxy) is 2. The van der Waals surface area contributed by atoms with Crippen molar-refractivity contribution < 1.29 is 32.3 Å². The molecule has 14 nitrogen and oxygen atoms in total. The molecule has 4 aromatic rings. The molecule has 3 amide bonds. The molecule has 1 atom stereocenters. The van der Waals surface area contributed by atoms with E-state index >= 15 is 0 Å². The first-order valence-electron chi connectivity index (χ1n) is 18.7. The van der Waals surface area contributed by atoms with Crippen molar-refractivity contribution in [3.8, 4) is 11.1 Å². The predicted molar refractivity (Wildman–Crippen MR) is 209 cm³/mol. The fourth-order valence-electron chi connectivity index (χ4n) is 7.07. The molecule has 15 heteroatoms. The maximum atomic E-state index is 13.8. The van der Waals surface area contributed by atoms with Gasteiger partial charge in [0.05, 0.1) is 29.1 Å². The molecular weight excluding hydrogens is 725 g/mol. The number of aromatic amines is 2. The van der Waals surface area contributed by atoms with Gasteiger partial charge in [-0.25, -0.2) is 18.0 Å². The topological polar surface area (TPSA) is 192 Å². The van der Waals surface area contributed by atoms with Crippen LogP contribution in [0.1, 0.15) is 57.6 Å². The number of nitrogens with zero attached hydrogens (tertiary/aromatic N) is 1. The molecule has 0 bridgehead atoms. The van der Waals surface area contributed by atoms with Crippen LogP contribution in [0.5, 0.6) is 0 Å². The van der Waals surface area contributed by atoms with Gasteiger partial charge >= 0.3 is 11.8 Å². The highest BCUT2D eigenvalue weighted by molar-refractivity contribution is 7.89. The number of rotatable bonds is 11. The third kappa shape index (κ3) is 10.2. The predicted octanol–water partition coefficient (Wildman–Crippen LogP) is 4.85. The number of aryl methyl sites for hydroxylation is 1. The van der Waals surface area contributed by atoms with Gasteiger partial charge in [-0.05, 0) is 112 Å². The monoisotopic (exact) mass is 774 g/mol. The summed E-state index contributed by atoms with van der Waals surface area (Å²) < 4.78 is 38.9. The van der Waals surface area contributed by atoms with Crippen LogP contribution in [0.3, 0.4) is 0 Å². The Balaban J connectivity index is 1.15. The van der Waals surface area contributed by atoms with Crippen LogP contribution in [0.25, 0.3) is 22.2 Å². The fourth-order valence-corrected chi connectivity index (χ4v) is 8.51. The van der Waals surface area contributed by atoms with Gasteiger partial charge in [0.15, 0.2) is 0 Å². The van der Waals surface area contributed by atoms with Gasteiger partial charge in [0.1, 0.15) is 11.6 Å². The Morgan fingerprint density at radius 2 is 1.62 bits per heavy atom. The van der Waals surface area contributed by atoms with Gasteiger partial charge in [-0.15, -0.1) is 0 Å². The van der Waals surface area contributed by atoms with E-state index < -0.39 is 33.7 Å². The molecule has 2 heterocycles. The Morgan fingerprint density at radius 3 is 2.31 bits per heavy atom. The number of benzene rings is 3. The standard InChI is InChI=1S/C40H50N6O8S/c1-25-5-15-31(55(51,52)46-17-19-53-20-18-46)23-32(25)28-10-6-26(7-11-28)21-35(37(48)42-30-14-16-33-34(22-30)45-38(49)44-33)43-36(47)29-12-8-27(9-13-29)24-41-39(50)54-40(2,3)4/h5-7,10-11,14-16,22-23,27,29,35H,8-9,12-13,17-21,24H2,1-4H3,(H,41,50)(H,42,48)(H,43,47)(H2,44,45,49)/t27?,29?,35-/m0/s1. The number of hydrogen-bond donors (Lipinski definition) is 5. The van der Waals surface area contributed by atoms with E-state index in [9.17, 15) is 27.6 Å². The Hall–Kier alpha value is -4.99. The van der Waals surface area contributed by atoms with Gasteiger partial charge < -0.3 is 35.4 Å². The number of fused-ring (bicyclic) bond motifs is 1. The van der Waals surface area contributed by atoms with Gasteiger partial charge in [-0.3, -0.25) is 9.59 Å². The zero-order valence-corrected chi connectivity index (χ0v) is 32.5. The average molecular weight is 775 g/mol. The zero-order valence-electron chi connectivity index (χ0n) is 31.7. The molecule has 2 fully saturated rings. The molecule has 3 aromatic carbocycles. The van der Waals surface area contributed by atoms with Crippen LogP contribution in [0.4, 0.5) is 10.5 Å². The Labute approximate surface area is 320 Å². The molecule has 0 unspecified atom stereocenters. The fraction of sp³-hybridized carbons (Fsp3) is 0.450. The van der Waals surface area contributed by atoms with Crippen molar-refractivity contribution in [3.63, 3.8) is 0 Å². The number of aromatic nitrogens is 2. The minimum absolute atomic E-state index is 0.195. The lowest BCUT2D eigenvalue weighted by Gasteiger charge is -2.29. The number of morpholine rings is 1. The minimum atomic E-state index is -3.69. The van der Waals surface area contributed by atoms with Crippen molar-refractivity contribution in [1.29, 1.82) is 0 Å². The molecule has 1 saturated heterocycles. The van der Waals surface area contributed by atoms with E-state index in [0.717, 1.165) is 35.1 Å². The molecule has 294 valence electrons. The number of carbonyl (C=O) groups is 3. The number of hydrogen-bond acceptors (Lipinski definition) is 8. The second kappa shape index (κ2) is 16.8. The van der Waals surface area contributed by atoms with Crippen LogP contribution in [0.15, 0.2) is 70.4 Å². The van der Waals surface area contributed by atoms with Crippen molar-refractivity contribution >= 4 is 44.7 Å². The number of imidazole rings is 1. The molecule has 1 aliphatic heterocycles. The Bertz CT molecular complexity index is 2180. The van der Waals surface area contributed by atoms with Gasteiger partial charge in [-0.1, -0.05) is 30.3 Å². The number of nitrogens with one attached hydrogen (secondary N) is 5. The number of alkyl carbamates (subject to hydrolysis) is 1. The van der Waals surface area contributed by atoms with Crippen LogP contribution in [-0.2, 0) is 35.5 Å². The van der Waals surface area contributed by atoms with Gasteiger partial charge in [0.2, 0.25) is 21.8 Å². The molecule has 0 spiro atoms. The summed E-state index contributed by atoms with van der Waals surface area (Å²) in [5.74, 6) is -0.704. The van der Waals surface area contributed by atoms with E-state index in [-0.39, 0.29) is 34.7 Å². The summed E-state index contributed by atoms with van der Waals surface area (Å²) in [5, 5.41) is 8.75. The van der Waals surface area contributed by atoms with Crippen LogP contribution >= 0.6 is 0 Å². The summed E-state index contributed by atoms with van der Waals surface area (Å²) in [5.41, 5.74) is 3.95. The lowest BCUT2D eigenvalue weighted by atomic mass is 9.81. The summed E-state index contributed by atoms with van der Waals surface area (Å²) in [6.45, 7) is 9.16. The third-order valence-corrected chi connectivity index (χ3v) is 12.0. The molecule has 55 heavy (non-hydrogen) atoms. The van der Waals surface area contributed by atoms with Crippen molar-refractivity contribution in [2.75, 3.05) is 38.2 Å². The molecule has 5 N–H and O–H groups in total. The largest absolute Gasteiger partial charge is 0.444 e. The zero-order chi connectivity index (χ0) is 39.3. The summed E-state index contributed by atoms with van der Waals surface area (Å²) >= 11 is 0. The first-order chi connectivity index (χ1) is 26.1. The van der Waals surface area contributed by atoms with E-state index in [1.807, 2.05) is 52.0 Å². The van der Waals surface area contributed by atoms with Crippen molar-refractivity contribution in [3.05, 3.63) is 82.3 Å². The molecule has 1 saturated carbocycles. The number of amides is 3. The van der Waals surface area contributed by atoms with E-state index in [4.69, 9.17) is 9.47 Å². The maximum Gasteiger partial charge on any atom is 0.407 e. The van der Waals surface area contributed by atoms with Gasteiger partial charge in [0, 0.05) is 37.7 Å². The smallest absolute Gasteiger partial charge is 0.407 e. The Morgan fingerprint density at radius 1 is 0.927 bits per heavy atom. The highest BCUT2D eigenvalue weighted by atomic mass is 32.2. The quantitative estimate of drug-likeness (QED) is 0.143. The van der Waals surface area contributed by atoms with E-state index in [2.05, 4.69) is 25.9 Å². The number of anilines is 1. The van der Waals surface area contributed by atoms with Crippen molar-refractivity contribution in [2.24, 2.45) is 11.8 Å².